The minimum Gasteiger partial charge on any atom is -0.308 e. The maximum Gasteiger partial charge on any atom is 0.0964 e. The van der Waals surface area contributed by atoms with Crippen molar-refractivity contribution in [2.45, 2.75) is 32.4 Å². The third-order valence-electron chi connectivity index (χ3n) is 3.26. The molecule has 1 fully saturated rings. The fraction of sp³-hybridized carbons (Fsp3) is 0.818. The monoisotopic (exact) mass is 223 g/mol. The highest BCUT2D eigenvalue weighted by Crippen LogP contribution is 2.10. The molecule has 0 radical (unpaired) electrons. The second-order valence-electron chi connectivity index (χ2n) is 4.47. The summed E-state index contributed by atoms with van der Waals surface area (Å²) in [6.07, 6.45) is 4.45. The summed E-state index contributed by atoms with van der Waals surface area (Å²) < 4.78 is 1.75. The van der Waals surface area contributed by atoms with Gasteiger partial charge in [-0.15, -0.1) is 5.10 Å². The second kappa shape index (κ2) is 5.41. The minimum atomic E-state index is 0.643. The normalized spacial score (nSPS) is 19.1. The zero-order valence-electron chi connectivity index (χ0n) is 10.2. The van der Waals surface area contributed by atoms with Crippen LogP contribution in [-0.4, -0.2) is 45.6 Å². The van der Waals surface area contributed by atoms with Crippen molar-refractivity contribution < 1.29 is 0 Å². The molecule has 0 aliphatic carbocycles. The van der Waals surface area contributed by atoms with Crippen molar-refractivity contribution in [1.82, 2.24) is 25.2 Å². The maximum atomic E-state index is 4.07. The van der Waals surface area contributed by atoms with Gasteiger partial charge in [-0.2, -0.15) is 0 Å². The van der Waals surface area contributed by atoms with E-state index in [1.165, 1.54) is 32.5 Å². The zero-order valence-corrected chi connectivity index (χ0v) is 10.2. The lowest BCUT2D eigenvalue weighted by Gasteiger charge is -2.31. The number of nitrogens with zero attached hydrogens (tertiary/aromatic N) is 4. The van der Waals surface area contributed by atoms with Gasteiger partial charge >= 0.3 is 0 Å². The lowest BCUT2D eigenvalue weighted by Crippen LogP contribution is -2.42. The number of aromatic nitrogens is 3. The highest BCUT2D eigenvalue weighted by Gasteiger charge is 2.17. The molecular weight excluding hydrogens is 202 g/mol. The Bertz CT molecular complexity index is 314. The highest BCUT2D eigenvalue weighted by molar-refractivity contribution is 4.92. The summed E-state index contributed by atoms with van der Waals surface area (Å²) in [5.74, 6) is 0. The van der Waals surface area contributed by atoms with Crippen molar-refractivity contribution in [3.05, 3.63) is 11.9 Å². The van der Waals surface area contributed by atoms with E-state index < -0.39 is 0 Å². The number of hydrogen-bond donors (Lipinski definition) is 1. The quantitative estimate of drug-likeness (QED) is 0.802. The molecule has 1 aliphatic rings. The van der Waals surface area contributed by atoms with Gasteiger partial charge in [-0.1, -0.05) is 12.1 Å². The molecule has 1 N–H and O–H groups in total. The third kappa shape index (κ3) is 3.02. The Kier molecular flexibility index (Phi) is 3.90. The summed E-state index contributed by atoms with van der Waals surface area (Å²) >= 11 is 0. The van der Waals surface area contributed by atoms with E-state index in [1.54, 1.807) is 4.68 Å². The molecule has 0 bridgehead atoms. The molecule has 1 aromatic heterocycles. The molecule has 5 nitrogen and oxygen atoms in total. The van der Waals surface area contributed by atoms with E-state index >= 15 is 0 Å². The van der Waals surface area contributed by atoms with Gasteiger partial charge in [-0.05, 0) is 32.5 Å². The standard InChI is InChI=1S/C11H21N5/c1-3-16-6-4-10(5-7-16)12-8-11-9-15(2)14-13-11/h9-10,12H,3-8H2,1-2H3. The van der Waals surface area contributed by atoms with E-state index in [1.807, 2.05) is 13.2 Å². The molecular formula is C11H21N5. The minimum absolute atomic E-state index is 0.643. The number of hydrogen-bond acceptors (Lipinski definition) is 4. The second-order valence-corrected chi connectivity index (χ2v) is 4.47. The van der Waals surface area contributed by atoms with Crippen LogP contribution in [0.3, 0.4) is 0 Å². The zero-order chi connectivity index (χ0) is 11.4. The molecule has 0 aromatic carbocycles. The van der Waals surface area contributed by atoms with Crippen LogP contribution in [0.25, 0.3) is 0 Å². The fourth-order valence-electron chi connectivity index (χ4n) is 2.18. The van der Waals surface area contributed by atoms with Crippen molar-refractivity contribution in [3.8, 4) is 0 Å². The number of piperidine rings is 1. The average Bonchev–Trinajstić information content (AvgIpc) is 2.73. The molecule has 2 heterocycles. The van der Waals surface area contributed by atoms with Crippen LogP contribution in [0.5, 0.6) is 0 Å². The first-order valence-electron chi connectivity index (χ1n) is 6.09. The molecule has 90 valence electrons. The van der Waals surface area contributed by atoms with Crippen LogP contribution in [-0.2, 0) is 13.6 Å². The van der Waals surface area contributed by atoms with Crippen LogP contribution in [0.1, 0.15) is 25.5 Å². The van der Waals surface area contributed by atoms with Crippen molar-refractivity contribution in [2.75, 3.05) is 19.6 Å². The summed E-state index contributed by atoms with van der Waals surface area (Å²) in [5.41, 5.74) is 1.03. The van der Waals surface area contributed by atoms with Crippen LogP contribution in [0, 0.1) is 0 Å². The summed E-state index contributed by atoms with van der Waals surface area (Å²) in [5, 5.41) is 11.5. The Labute approximate surface area is 96.8 Å². The first-order chi connectivity index (χ1) is 7.78. The van der Waals surface area contributed by atoms with E-state index in [4.69, 9.17) is 0 Å². The Morgan fingerprint density at radius 2 is 2.19 bits per heavy atom. The van der Waals surface area contributed by atoms with Gasteiger partial charge in [0.25, 0.3) is 0 Å². The van der Waals surface area contributed by atoms with Crippen LogP contribution in [0.15, 0.2) is 6.20 Å². The third-order valence-corrected chi connectivity index (χ3v) is 3.26. The molecule has 16 heavy (non-hydrogen) atoms. The molecule has 5 heteroatoms. The Morgan fingerprint density at radius 3 is 2.75 bits per heavy atom. The van der Waals surface area contributed by atoms with E-state index in [0.717, 1.165) is 12.2 Å². The summed E-state index contributed by atoms with van der Waals surface area (Å²) in [6, 6.07) is 0.643. The summed E-state index contributed by atoms with van der Waals surface area (Å²) in [4.78, 5) is 2.50. The topological polar surface area (TPSA) is 46.0 Å². The Hall–Kier alpha value is -0.940. The molecule has 0 amide bonds. The van der Waals surface area contributed by atoms with E-state index in [-0.39, 0.29) is 0 Å². The van der Waals surface area contributed by atoms with Crippen molar-refractivity contribution in [3.63, 3.8) is 0 Å². The number of rotatable bonds is 4. The van der Waals surface area contributed by atoms with Crippen LogP contribution >= 0.6 is 0 Å². The van der Waals surface area contributed by atoms with Crippen molar-refractivity contribution in [1.29, 1.82) is 0 Å². The van der Waals surface area contributed by atoms with Gasteiger partial charge in [0.05, 0.1) is 5.69 Å². The Morgan fingerprint density at radius 1 is 1.44 bits per heavy atom. The summed E-state index contributed by atoms with van der Waals surface area (Å²) in [6.45, 7) is 6.68. The van der Waals surface area contributed by atoms with Crippen LogP contribution in [0.2, 0.25) is 0 Å². The molecule has 0 atom stereocenters. The number of nitrogens with one attached hydrogen (secondary N) is 1. The fourth-order valence-corrected chi connectivity index (χ4v) is 2.18. The molecule has 2 rings (SSSR count). The van der Waals surface area contributed by atoms with Gasteiger partial charge < -0.3 is 10.2 Å². The van der Waals surface area contributed by atoms with E-state index in [0.29, 0.717) is 6.04 Å². The van der Waals surface area contributed by atoms with Gasteiger partial charge in [-0.25, -0.2) is 0 Å². The number of aryl methyl sites for hydroxylation is 1. The molecule has 0 saturated carbocycles. The lowest BCUT2D eigenvalue weighted by molar-refractivity contribution is 0.205. The van der Waals surface area contributed by atoms with Crippen LogP contribution in [0.4, 0.5) is 0 Å². The molecule has 0 spiro atoms. The molecule has 1 saturated heterocycles. The summed E-state index contributed by atoms with van der Waals surface area (Å²) in [7, 11) is 1.90. The van der Waals surface area contributed by atoms with Gasteiger partial charge in [-0.3, -0.25) is 4.68 Å². The van der Waals surface area contributed by atoms with Gasteiger partial charge in [0, 0.05) is 25.8 Å². The lowest BCUT2D eigenvalue weighted by atomic mass is 10.1. The first kappa shape index (κ1) is 11.5. The highest BCUT2D eigenvalue weighted by atomic mass is 15.4. The Balaban J connectivity index is 1.71. The maximum absolute atomic E-state index is 4.07. The van der Waals surface area contributed by atoms with E-state index in [2.05, 4.69) is 27.5 Å². The van der Waals surface area contributed by atoms with E-state index in [9.17, 15) is 0 Å². The largest absolute Gasteiger partial charge is 0.308 e. The van der Waals surface area contributed by atoms with Gasteiger partial charge in [0.1, 0.15) is 0 Å². The smallest absolute Gasteiger partial charge is 0.0964 e. The number of likely N-dealkylation sites (tertiary alicyclic amines) is 1. The van der Waals surface area contributed by atoms with Crippen molar-refractivity contribution >= 4 is 0 Å². The molecule has 0 unspecified atom stereocenters. The van der Waals surface area contributed by atoms with Crippen LogP contribution < -0.4 is 5.32 Å². The average molecular weight is 223 g/mol. The molecule has 1 aromatic rings. The predicted molar refractivity (Wildman–Crippen MR) is 63.0 cm³/mol. The van der Waals surface area contributed by atoms with Gasteiger partial charge in [0.15, 0.2) is 0 Å². The molecule has 1 aliphatic heterocycles. The van der Waals surface area contributed by atoms with Crippen molar-refractivity contribution in [2.24, 2.45) is 7.05 Å². The predicted octanol–water partition coefficient (Wildman–Crippen LogP) is 0.389. The first-order valence-corrected chi connectivity index (χ1v) is 6.09. The van der Waals surface area contributed by atoms with Gasteiger partial charge in [0.2, 0.25) is 0 Å². The SMILES string of the molecule is CCN1CCC(NCc2cn(C)nn2)CC1.